The Bertz CT molecular complexity index is 794. The third-order valence-corrected chi connectivity index (χ3v) is 4.42. The van der Waals surface area contributed by atoms with Gasteiger partial charge in [0.1, 0.15) is 18.0 Å². The summed E-state index contributed by atoms with van der Waals surface area (Å²) < 4.78 is 31.1. The highest BCUT2D eigenvalue weighted by Gasteiger charge is 2.32. The molecule has 8 nitrogen and oxygen atoms in total. The molecule has 0 saturated carbocycles. The van der Waals surface area contributed by atoms with Crippen molar-refractivity contribution in [2.75, 3.05) is 17.5 Å². The summed E-state index contributed by atoms with van der Waals surface area (Å²) in [4.78, 5) is 11.3. The van der Waals surface area contributed by atoms with Gasteiger partial charge in [0, 0.05) is 17.3 Å². The number of nitrogens with one attached hydrogen (secondary N) is 1. The molecule has 0 bridgehead atoms. The van der Waals surface area contributed by atoms with Gasteiger partial charge in [-0.3, -0.25) is 18.5 Å². The van der Waals surface area contributed by atoms with E-state index < -0.39 is 28.6 Å². The average molecular weight is 340 g/mol. The van der Waals surface area contributed by atoms with Crippen molar-refractivity contribution in [2.24, 2.45) is 0 Å². The third-order valence-electron chi connectivity index (χ3n) is 3.31. The number of phenolic OH excluding ortho intramolecular Hbond substituents is 1. The minimum atomic E-state index is -1.94. The van der Waals surface area contributed by atoms with Crippen molar-refractivity contribution in [1.29, 1.82) is 0 Å². The molecule has 0 spiro atoms. The Labute approximate surface area is 132 Å². The van der Waals surface area contributed by atoms with E-state index in [9.17, 15) is 18.5 Å². The van der Waals surface area contributed by atoms with Crippen molar-refractivity contribution in [3.05, 3.63) is 30.3 Å². The van der Waals surface area contributed by atoms with Crippen molar-refractivity contribution in [2.45, 2.75) is 6.54 Å². The van der Waals surface area contributed by atoms with Crippen LogP contribution in [0.1, 0.15) is 0 Å². The number of amides is 1. The molecule has 2 aromatic rings. The van der Waals surface area contributed by atoms with E-state index in [0.717, 1.165) is 4.31 Å². The Kier molecular flexibility index (Phi) is 4.01. The number of hydrogen-bond donors (Lipinski definition) is 3. The maximum Gasteiger partial charge on any atom is 0.253 e. The van der Waals surface area contributed by atoms with E-state index in [1.807, 2.05) is 0 Å². The first-order valence-corrected chi connectivity index (χ1v) is 7.76. The number of rotatable bonds is 4. The van der Waals surface area contributed by atoms with Gasteiger partial charge in [0.25, 0.3) is 5.91 Å². The first-order chi connectivity index (χ1) is 11.0. The van der Waals surface area contributed by atoms with E-state index in [1.165, 1.54) is 23.0 Å². The first-order valence-electron chi connectivity index (χ1n) is 6.65. The van der Waals surface area contributed by atoms with Crippen LogP contribution >= 0.6 is 0 Å². The zero-order chi connectivity index (χ0) is 16.6. The molecule has 0 radical (unpaired) electrons. The first kappa shape index (κ1) is 15.4. The fourth-order valence-corrected chi connectivity index (χ4v) is 3.22. The molecule has 0 aliphatic carbocycles. The number of phenols is 1. The van der Waals surface area contributed by atoms with Gasteiger partial charge >= 0.3 is 0 Å². The monoisotopic (exact) mass is 340 g/mol. The molecular weight excluding hydrogens is 327 g/mol. The molecule has 122 valence electrons. The van der Waals surface area contributed by atoms with Gasteiger partial charge in [0.15, 0.2) is 5.82 Å². The minimum Gasteiger partial charge on any atom is -0.506 e. The van der Waals surface area contributed by atoms with E-state index in [0.29, 0.717) is 5.56 Å². The van der Waals surface area contributed by atoms with Crippen molar-refractivity contribution >= 4 is 22.8 Å². The van der Waals surface area contributed by atoms with Crippen molar-refractivity contribution in [3.63, 3.8) is 0 Å². The molecule has 10 heteroatoms. The second kappa shape index (κ2) is 5.97. The summed E-state index contributed by atoms with van der Waals surface area (Å²) in [6, 6.07) is 2.62. The summed E-state index contributed by atoms with van der Waals surface area (Å²) in [6.45, 7) is -0.156. The molecule has 3 rings (SSSR count). The minimum absolute atomic E-state index is 0.106. The largest absolute Gasteiger partial charge is 0.506 e. The van der Waals surface area contributed by atoms with E-state index in [4.69, 9.17) is 5.11 Å². The maximum atomic E-state index is 14.8. The normalized spacial score (nSPS) is 17.6. The van der Waals surface area contributed by atoms with E-state index in [2.05, 4.69) is 9.82 Å². The highest BCUT2D eigenvalue weighted by molar-refractivity contribution is 7.85. The molecule has 1 aromatic heterocycles. The van der Waals surface area contributed by atoms with Crippen LogP contribution in [0.5, 0.6) is 5.75 Å². The highest BCUT2D eigenvalue weighted by Crippen LogP contribution is 2.37. The fourth-order valence-electron chi connectivity index (χ4n) is 2.28. The van der Waals surface area contributed by atoms with Gasteiger partial charge in [-0.1, -0.05) is 0 Å². The third kappa shape index (κ3) is 2.78. The molecule has 1 fully saturated rings. The highest BCUT2D eigenvalue weighted by atomic mass is 32.2. The topological polar surface area (TPSA) is 108 Å². The predicted octanol–water partition coefficient (Wildman–Crippen LogP) is -0.0980. The van der Waals surface area contributed by atoms with Gasteiger partial charge in [-0.2, -0.15) is 5.10 Å². The number of aromatic nitrogens is 2. The number of aromatic hydroxyl groups is 1. The zero-order valence-electron chi connectivity index (χ0n) is 11.8. The summed E-state index contributed by atoms with van der Waals surface area (Å²) in [5.74, 6) is -1.75. The summed E-state index contributed by atoms with van der Waals surface area (Å²) in [5.41, 5.74) is 0.258. The van der Waals surface area contributed by atoms with E-state index >= 15 is 0 Å². The number of hydrogen-bond acceptors (Lipinski definition) is 5. The van der Waals surface area contributed by atoms with Gasteiger partial charge in [-0.15, -0.1) is 0 Å². The Morgan fingerprint density at radius 3 is 2.87 bits per heavy atom. The summed E-state index contributed by atoms with van der Waals surface area (Å²) in [5, 5.41) is 22.8. The van der Waals surface area contributed by atoms with Crippen LogP contribution in [0.15, 0.2) is 24.5 Å². The standard InChI is InChI=1S/C13H13FN4O4S/c14-12-9(8-5-15-17(6-8)3-4-19)1-2-10(20)13(12)18-7-11(21)16-23(18)22/h1-2,5-6,19-20H,3-4,7H2,(H,16,21). The van der Waals surface area contributed by atoms with Crippen LogP contribution in [0.2, 0.25) is 0 Å². The van der Waals surface area contributed by atoms with Crippen LogP contribution in [-0.2, 0) is 22.5 Å². The molecule has 1 saturated heterocycles. The lowest BCUT2D eigenvalue weighted by atomic mass is 10.1. The second-order valence-corrected chi connectivity index (χ2v) is 5.96. The average Bonchev–Trinajstić information content (AvgIpc) is 3.07. The number of aliphatic hydroxyl groups is 1. The van der Waals surface area contributed by atoms with Crippen molar-refractivity contribution in [1.82, 2.24) is 14.5 Å². The number of halogens is 1. The Morgan fingerprint density at radius 2 is 2.22 bits per heavy atom. The molecule has 1 aliphatic rings. The second-order valence-electron chi connectivity index (χ2n) is 4.82. The van der Waals surface area contributed by atoms with Crippen LogP contribution in [0.3, 0.4) is 0 Å². The molecule has 2 heterocycles. The fraction of sp³-hybridized carbons (Fsp3) is 0.231. The number of carbonyl (C=O) groups excluding carboxylic acids is 1. The predicted molar refractivity (Wildman–Crippen MR) is 80.0 cm³/mol. The van der Waals surface area contributed by atoms with Gasteiger partial charge in [0.2, 0.25) is 11.2 Å². The van der Waals surface area contributed by atoms with Gasteiger partial charge in [0.05, 0.1) is 19.3 Å². The van der Waals surface area contributed by atoms with Crippen LogP contribution in [0.4, 0.5) is 10.1 Å². The van der Waals surface area contributed by atoms with Gasteiger partial charge in [-0.05, 0) is 12.1 Å². The van der Waals surface area contributed by atoms with Crippen LogP contribution in [0.25, 0.3) is 11.1 Å². The van der Waals surface area contributed by atoms with Gasteiger partial charge in [-0.25, -0.2) is 8.60 Å². The van der Waals surface area contributed by atoms with Crippen molar-refractivity contribution in [3.8, 4) is 16.9 Å². The summed E-state index contributed by atoms with van der Waals surface area (Å²) >= 11 is -1.94. The summed E-state index contributed by atoms with van der Waals surface area (Å²) in [7, 11) is 0. The molecule has 1 amide bonds. The number of benzene rings is 1. The molecule has 1 aliphatic heterocycles. The smallest absolute Gasteiger partial charge is 0.253 e. The lowest BCUT2D eigenvalue weighted by Crippen LogP contribution is -2.23. The molecule has 1 atom stereocenters. The SMILES string of the molecule is O=C1CN(c2c(O)ccc(-c3cnn(CCO)c3)c2F)S(=O)N1. The maximum absolute atomic E-state index is 14.8. The summed E-state index contributed by atoms with van der Waals surface area (Å²) in [6.07, 6.45) is 2.96. The van der Waals surface area contributed by atoms with Crippen LogP contribution in [-0.4, -0.2) is 43.3 Å². The van der Waals surface area contributed by atoms with Gasteiger partial charge < -0.3 is 10.2 Å². The molecule has 3 N–H and O–H groups in total. The van der Waals surface area contributed by atoms with Crippen LogP contribution in [0, 0.1) is 5.82 Å². The lowest BCUT2D eigenvalue weighted by Gasteiger charge is -2.17. The lowest BCUT2D eigenvalue weighted by molar-refractivity contribution is -0.117. The van der Waals surface area contributed by atoms with Crippen molar-refractivity contribution < 1.29 is 23.6 Å². The molecule has 23 heavy (non-hydrogen) atoms. The zero-order valence-corrected chi connectivity index (χ0v) is 12.6. The Balaban J connectivity index is 2.04. The Morgan fingerprint density at radius 1 is 1.43 bits per heavy atom. The molecular formula is C13H13FN4O4S. The molecule has 1 aromatic carbocycles. The number of nitrogens with zero attached hydrogens (tertiary/aromatic N) is 3. The molecule has 1 unspecified atom stereocenters. The number of anilines is 1. The number of aliphatic hydroxyl groups excluding tert-OH is 1. The Hall–Kier alpha value is -2.46. The quantitative estimate of drug-likeness (QED) is 0.720. The van der Waals surface area contributed by atoms with Crippen LogP contribution < -0.4 is 9.03 Å². The number of carbonyl (C=O) groups is 1. The van der Waals surface area contributed by atoms with E-state index in [1.54, 1.807) is 6.20 Å². The van der Waals surface area contributed by atoms with E-state index in [-0.39, 0.29) is 30.9 Å².